The third kappa shape index (κ3) is 18.1. The second-order valence-electron chi connectivity index (χ2n) is 8.11. The zero-order valence-electron chi connectivity index (χ0n) is 21.0. The van der Waals surface area contributed by atoms with Gasteiger partial charge in [0.1, 0.15) is 0 Å². The standard InChI is InChI=1S/C30H40O3/c1-24(15-9-17-26(3)19-11-21-28(5)23-31)13-7-8-14-25(2)16-10-18-27(4)20-12-22-29(6)30(32)33/h7-10,12-18,20-22,31H,11,19,23H2,1-6H3,(H,32,33). The largest absolute Gasteiger partial charge is 0.478 e. The van der Waals surface area contributed by atoms with Crippen molar-refractivity contribution in [1.82, 2.24) is 0 Å². The molecule has 0 fully saturated rings. The molecule has 0 saturated carbocycles. The van der Waals surface area contributed by atoms with E-state index in [0.29, 0.717) is 5.57 Å². The smallest absolute Gasteiger partial charge is 0.331 e. The third-order valence-corrected chi connectivity index (χ3v) is 4.61. The van der Waals surface area contributed by atoms with Gasteiger partial charge in [0, 0.05) is 5.57 Å². The maximum absolute atomic E-state index is 10.7. The molecule has 0 aliphatic rings. The molecule has 0 unspecified atom stereocenters. The molecule has 0 amide bonds. The first-order valence-electron chi connectivity index (χ1n) is 11.2. The van der Waals surface area contributed by atoms with Gasteiger partial charge in [-0.05, 0) is 54.4 Å². The first-order valence-corrected chi connectivity index (χ1v) is 11.2. The topological polar surface area (TPSA) is 57.5 Å². The van der Waals surface area contributed by atoms with Crippen molar-refractivity contribution in [3.8, 4) is 0 Å². The highest BCUT2D eigenvalue weighted by molar-refractivity contribution is 5.86. The van der Waals surface area contributed by atoms with Gasteiger partial charge >= 0.3 is 5.97 Å². The van der Waals surface area contributed by atoms with Crippen molar-refractivity contribution in [1.29, 1.82) is 0 Å². The van der Waals surface area contributed by atoms with Gasteiger partial charge in [-0.1, -0.05) is 113 Å². The number of allylic oxidation sites excluding steroid dienone is 18. The molecule has 0 saturated heterocycles. The monoisotopic (exact) mass is 448 g/mol. The Labute approximate surface area is 200 Å². The van der Waals surface area contributed by atoms with Crippen LogP contribution in [-0.2, 0) is 4.79 Å². The Kier molecular flexibility index (Phi) is 16.6. The fourth-order valence-electron chi connectivity index (χ4n) is 2.41. The first-order chi connectivity index (χ1) is 15.6. The van der Waals surface area contributed by atoms with Crippen LogP contribution in [0.5, 0.6) is 0 Å². The first kappa shape index (κ1) is 29.8. The molecular formula is C30H40O3. The van der Waals surface area contributed by atoms with E-state index in [1.54, 1.807) is 19.1 Å². The van der Waals surface area contributed by atoms with Gasteiger partial charge < -0.3 is 10.2 Å². The van der Waals surface area contributed by atoms with Crippen molar-refractivity contribution in [3.63, 3.8) is 0 Å². The van der Waals surface area contributed by atoms with Crippen LogP contribution in [0.3, 0.4) is 0 Å². The molecule has 0 aliphatic heterocycles. The van der Waals surface area contributed by atoms with E-state index in [9.17, 15) is 4.79 Å². The highest BCUT2D eigenvalue weighted by atomic mass is 16.4. The van der Waals surface area contributed by atoms with Gasteiger partial charge in [-0.25, -0.2) is 4.79 Å². The zero-order valence-corrected chi connectivity index (χ0v) is 21.0. The number of aliphatic carboxylic acids is 1. The summed E-state index contributed by atoms with van der Waals surface area (Å²) >= 11 is 0. The molecular weight excluding hydrogens is 408 g/mol. The second-order valence-corrected chi connectivity index (χ2v) is 8.11. The minimum absolute atomic E-state index is 0.134. The number of carboxylic acid groups (broad SMARTS) is 1. The van der Waals surface area contributed by atoms with Gasteiger partial charge in [-0.3, -0.25) is 0 Å². The number of carbonyl (C=O) groups is 1. The number of rotatable bonds is 13. The molecule has 3 heteroatoms. The van der Waals surface area contributed by atoms with Crippen molar-refractivity contribution in [2.75, 3.05) is 6.61 Å². The lowest BCUT2D eigenvalue weighted by atomic mass is 10.1. The summed E-state index contributed by atoms with van der Waals surface area (Å²) in [6.07, 6.45) is 29.7. The average molecular weight is 449 g/mol. The molecule has 178 valence electrons. The van der Waals surface area contributed by atoms with E-state index in [1.165, 1.54) is 11.1 Å². The minimum atomic E-state index is -0.905. The second kappa shape index (κ2) is 18.4. The fourth-order valence-corrected chi connectivity index (χ4v) is 2.41. The SMILES string of the molecule is CC(C=CC=C(C)C=CC=C(C)C(=O)O)=CC=CC=C(C)C=CC=C(C)CCC=C(C)CO. The van der Waals surface area contributed by atoms with E-state index < -0.39 is 5.97 Å². The highest BCUT2D eigenvalue weighted by Crippen LogP contribution is 2.08. The van der Waals surface area contributed by atoms with E-state index in [2.05, 4.69) is 44.2 Å². The van der Waals surface area contributed by atoms with Crippen molar-refractivity contribution in [3.05, 3.63) is 119 Å². The van der Waals surface area contributed by atoms with Crippen LogP contribution in [0.1, 0.15) is 54.4 Å². The summed E-state index contributed by atoms with van der Waals surface area (Å²) in [6.45, 7) is 11.9. The predicted molar refractivity (Wildman–Crippen MR) is 143 cm³/mol. The minimum Gasteiger partial charge on any atom is -0.478 e. The van der Waals surface area contributed by atoms with E-state index in [1.807, 2.05) is 63.3 Å². The quantitative estimate of drug-likeness (QED) is 0.172. The summed E-state index contributed by atoms with van der Waals surface area (Å²) in [6, 6.07) is 0. The van der Waals surface area contributed by atoms with Crippen molar-refractivity contribution in [2.24, 2.45) is 0 Å². The van der Waals surface area contributed by atoms with Gasteiger partial charge in [0.25, 0.3) is 0 Å². The van der Waals surface area contributed by atoms with E-state index in [-0.39, 0.29) is 6.61 Å². The van der Waals surface area contributed by atoms with Crippen LogP contribution in [-0.4, -0.2) is 22.8 Å². The van der Waals surface area contributed by atoms with Crippen LogP contribution >= 0.6 is 0 Å². The number of carboxylic acids is 1. The molecule has 0 rings (SSSR count). The molecule has 0 aliphatic carbocycles. The Morgan fingerprint density at radius 2 is 1.09 bits per heavy atom. The third-order valence-electron chi connectivity index (χ3n) is 4.61. The number of aliphatic hydroxyl groups excluding tert-OH is 1. The van der Waals surface area contributed by atoms with Crippen LogP contribution in [0.25, 0.3) is 0 Å². The summed E-state index contributed by atoms with van der Waals surface area (Å²) in [5.41, 5.74) is 5.98. The lowest BCUT2D eigenvalue weighted by Gasteiger charge is -1.98. The van der Waals surface area contributed by atoms with Gasteiger partial charge in [0.15, 0.2) is 0 Å². The molecule has 0 bridgehead atoms. The lowest BCUT2D eigenvalue weighted by molar-refractivity contribution is -0.132. The molecule has 0 aromatic carbocycles. The van der Waals surface area contributed by atoms with Crippen molar-refractivity contribution in [2.45, 2.75) is 54.4 Å². The molecule has 0 spiro atoms. The molecule has 33 heavy (non-hydrogen) atoms. The zero-order chi connectivity index (χ0) is 25.1. The summed E-state index contributed by atoms with van der Waals surface area (Å²) in [7, 11) is 0. The van der Waals surface area contributed by atoms with E-state index >= 15 is 0 Å². The maximum atomic E-state index is 10.7. The fraction of sp³-hybridized carbons (Fsp3) is 0.300. The molecule has 3 nitrogen and oxygen atoms in total. The average Bonchev–Trinajstić information content (AvgIpc) is 2.76. The normalized spacial score (nSPS) is 15.7. The molecule has 2 N–H and O–H groups in total. The van der Waals surface area contributed by atoms with Crippen molar-refractivity contribution >= 4 is 5.97 Å². The molecule has 0 aromatic heterocycles. The molecule has 0 atom stereocenters. The summed E-state index contributed by atoms with van der Waals surface area (Å²) in [5, 5.41) is 17.8. The van der Waals surface area contributed by atoms with Gasteiger partial charge in [-0.2, -0.15) is 0 Å². The van der Waals surface area contributed by atoms with Gasteiger partial charge in [0.05, 0.1) is 6.61 Å². The Balaban J connectivity index is 4.65. The van der Waals surface area contributed by atoms with E-state index in [0.717, 1.165) is 29.6 Å². The molecule has 0 radical (unpaired) electrons. The number of aliphatic hydroxyl groups is 1. The van der Waals surface area contributed by atoms with Crippen LogP contribution in [0, 0.1) is 0 Å². The van der Waals surface area contributed by atoms with Gasteiger partial charge in [0.2, 0.25) is 0 Å². The Morgan fingerprint density at radius 3 is 1.58 bits per heavy atom. The van der Waals surface area contributed by atoms with Crippen LogP contribution in [0.2, 0.25) is 0 Å². The van der Waals surface area contributed by atoms with E-state index in [4.69, 9.17) is 10.2 Å². The van der Waals surface area contributed by atoms with Crippen molar-refractivity contribution < 1.29 is 15.0 Å². The number of hydrogen-bond acceptors (Lipinski definition) is 2. The Bertz CT molecular complexity index is 924. The molecule has 0 aromatic rings. The number of hydrogen-bond donors (Lipinski definition) is 2. The lowest BCUT2D eigenvalue weighted by Crippen LogP contribution is -1.94. The van der Waals surface area contributed by atoms with Gasteiger partial charge in [-0.15, -0.1) is 0 Å². The summed E-state index contributed by atoms with van der Waals surface area (Å²) in [4.78, 5) is 10.7. The summed E-state index contributed by atoms with van der Waals surface area (Å²) < 4.78 is 0. The summed E-state index contributed by atoms with van der Waals surface area (Å²) in [5.74, 6) is -0.905. The Morgan fingerprint density at radius 1 is 0.636 bits per heavy atom. The van der Waals surface area contributed by atoms with Crippen LogP contribution in [0.15, 0.2) is 119 Å². The maximum Gasteiger partial charge on any atom is 0.331 e. The van der Waals surface area contributed by atoms with Crippen LogP contribution in [0.4, 0.5) is 0 Å². The Hall–Kier alpha value is -3.17. The molecule has 0 heterocycles. The highest BCUT2D eigenvalue weighted by Gasteiger charge is 1.95. The predicted octanol–water partition coefficient (Wildman–Crippen LogP) is 7.75. The van der Waals surface area contributed by atoms with Crippen LogP contribution < -0.4 is 0 Å².